The van der Waals surface area contributed by atoms with Gasteiger partial charge < -0.3 is 4.90 Å². The molecule has 0 saturated heterocycles. The minimum Gasteiger partial charge on any atom is -0.350 e. The molecule has 1 aromatic rings. The lowest BCUT2D eigenvalue weighted by molar-refractivity contribution is -0.110. The first kappa shape index (κ1) is 15.5. The topological polar surface area (TPSA) is 20.3 Å². The molecule has 114 valence electrons. The summed E-state index contributed by atoms with van der Waals surface area (Å²) >= 11 is 3.58. The van der Waals surface area contributed by atoms with Gasteiger partial charge in [-0.3, -0.25) is 4.79 Å². The van der Waals surface area contributed by atoms with E-state index in [1.165, 1.54) is 5.56 Å². The minimum atomic E-state index is 0.0370. The van der Waals surface area contributed by atoms with E-state index in [4.69, 9.17) is 0 Å². The zero-order valence-corrected chi connectivity index (χ0v) is 14.1. The van der Waals surface area contributed by atoms with Crippen molar-refractivity contribution in [1.82, 2.24) is 4.90 Å². The molecule has 0 saturated carbocycles. The Labute approximate surface area is 144 Å². The second-order valence-corrected chi connectivity index (χ2v) is 6.15. The van der Waals surface area contributed by atoms with Crippen LogP contribution in [0.5, 0.6) is 0 Å². The van der Waals surface area contributed by atoms with Crippen LogP contribution in [0.1, 0.15) is 5.56 Å². The van der Waals surface area contributed by atoms with Gasteiger partial charge in [0.15, 0.2) is 5.78 Å². The number of halogens is 1. The third kappa shape index (κ3) is 4.30. The van der Waals surface area contributed by atoms with Crippen molar-refractivity contribution in [3.8, 4) is 0 Å². The SMILES string of the molecule is O=C1C=CC(=CC=C2C=CN(Cc3ccccc3Br)C=C2)C=C1. The Morgan fingerprint density at radius 2 is 1.48 bits per heavy atom. The van der Waals surface area contributed by atoms with Crippen molar-refractivity contribution in [1.29, 1.82) is 0 Å². The summed E-state index contributed by atoms with van der Waals surface area (Å²) in [6.07, 6.45) is 19.2. The summed E-state index contributed by atoms with van der Waals surface area (Å²) in [5.41, 5.74) is 3.40. The average molecular weight is 366 g/mol. The first-order chi connectivity index (χ1) is 11.2. The summed E-state index contributed by atoms with van der Waals surface area (Å²) in [7, 11) is 0. The molecule has 0 bridgehead atoms. The van der Waals surface area contributed by atoms with Crippen LogP contribution in [0.3, 0.4) is 0 Å². The van der Waals surface area contributed by atoms with E-state index in [1.54, 1.807) is 12.2 Å². The fourth-order valence-corrected chi connectivity index (χ4v) is 2.69. The first-order valence-electron chi connectivity index (χ1n) is 7.38. The van der Waals surface area contributed by atoms with Crippen LogP contribution in [-0.2, 0) is 11.3 Å². The van der Waals surface area contributed by atoms with Crippen molar-refractivity contribution in [2.75, 3.05) is 0 Å². The molecular formula is C20H16BrNO. The van der Waals surface area contributed by atoms with Gasteiger partial charge in [0.05, 0.1) is 0 Å². The van der Waals surface area contributed by atoms with E-state index in [1.807, 2.05) is 36.4 Å². The number of allylic oxidation sites excluding steroid dienone is 10. The highest BCUT2D eigenvalue weighted by molar-refractivity contribution is 9.10. The molecule has 3 heteroatoms. The lowest BCUT2D eigenvalue weighted by atomic mass is 10.1. The van der Waals surface area contributed by atoms with Gasteiger partial charge >= 0.3 is 0 Å². The van der Waals surface area contributed by atoms with Crippen LogP contribution in [0, 0.1) is 0 Å². The molecule has 0 amide bonds. The molecule has 0 fully saturated rings. The number of carbonyl (C=O) groups is 1. The van der Waals surface area contributed by atoms with Gasteiger partial charge in [0.25, 0.3) is 0 Å². The van der Waals surface area contributed by atoms with E-state index in [2.05, 4.69) is 57.5 Å². The number of nitrogens with zero attached hydrogens (tertiary/aromatic N) is 1. The van der Waals surface area contributed by atoms with E-state index < -0.39 is 0 Å². The standard InChI is InChI=1S/C20H16BrNO/c21-20-4-2-1-3-18(20)15-22-13-11-17(12-14-22)6-5-16-7-9-19(23)10-8-16/h1-14H,15H2. The Morgan fingerprint density at radius 1 is 0.870 bits per heavy atom. The molecule has 2 aliphatic rings. The Hall–Kier alpha value is -2.39. The van der Waals surface area contributed by atoms with Gasteiger partial charge in [-0.15, -0.1) is 0 Å². The third-order valence-electron chi connectivity index (χ3n) is 3.58. The molecule has 0 unspecified atom stereocenters. The summed E-state index contributed by atoms with van der Waals surface area (Å²) in [6.45, 7) is 0.830. The molecule has 1 aromatic carbocycles. The van der Waals surface area contributed by atoms with Crippen LogP contribution >= 0.6 is 15.9 Å². The average Bonchev–Trinajstić information content (AvgIpc) is 2.58. The van der Waals surface area contributed by atoms with Gasteiger partial charge in [-0.05, 0) is 47.1 Å². The second kappa shape index (κ2) is 7.25. The van der Waals surface area contributed by atoms with Gasteiger partial charge in [-0.1, -0.05) is 58.4 Å². The highest BCUT2D eigenvalue weighted by atomic mass is 79.9. The Morgan fingerprint density at radius 3 is 2.13 bits per heavy atom. The molecule has 0 N–H and O–H groups in total. The van der Waals surface area contributed by atoms with Crippen LogP contribution in [0.15, 0.2) is 101 Å². The minimum absolute atomic E-state index is 0.0370. The van der Waals surface area contributed by atoms with Crippen LogP contribution in [0.2, 0.25) is 0 Å². The zero-order valence-electron chi connectivity index (χ0n) is 12.5. The third-order valence-corrected chi connectivity index (χ3v) is 4.35. The lowest BCUT2D eigenvalue weighted by Crippen LogP contribution is -2.11. The van der Waals surface area contributed by atoms with Crippen molar-refractivity contribution in [3.05, 3.63) is 106 Å². The van der Waals surface area contributed by atoms with E-state index in [-0.39, 0.29) is 5.78 Å². The molecular weight excluding hydrogens is 350 g/mol. The molecule has 1 aliphatic carbocycles. The van der Waals surface area contributed by atoms with E-state index in [0.29, 0.717) is 0 Å². The van der Waals surface area contributed by atoms with Crippen molar-refractivity contribution < 1.29 is 4.79 Å². The van der Waals surface area contributed by atoms with Gasteiger partial charge in [-0.25, -0.2) is 0 Å². The molecule has 0 radical (unpaired) electrons. The monoisotopic (exact) mass is 365 g/mol. The number of rotatable bonds is 3. The maximum absolute atomic E-state index is 11.1. The summed E-state index contributed by atoms with van der Waals surface area (Å²) in [4.78, 5) is 13.2. The fourth-order valence-electron chi connectivity index (χ4n) is 2.28. The first-order valence-corrected chi connectivity index (χ1v) is 8.18. The van der Waals surface area contributed by atoms with Crippen LogP contribution in [-0.4, -0.2) is 10.7 Å². The van der Waals surface area contributed by atoms with Crippen LogP contribution in [0.25, 0.3) is 0 Å². The highest BCUT2D eigenvalue weighted by Crippen LogP contribution is 2.20. The van der Waals surface area contributed by atoms with Crippen molar-refractivity contribution in [2.45, 2.75) is 6.54 Å². The number of carbonyl (C=O) groups excluding carboxylic acids is 1. The largest absolute Gasteiger partial charge is 0.350 e. The molecule has 0 aromatic heterocycles. The normalized spacial score (nSPS) is 16.2. The summed E-state index contributed by atoms with van der Waals surface area (Å²) in [5.74, 6) is 0.0370. The maximum atomic E-state index is 11.1. The van der Waals surface area contributed by atoms with Crippen LogP contribution in [0.4, 0.5) is 0 Å². The molecule has 23 heavy (non-hydrogen) atoms. The van der Waals surface area contributed by atoms with E-state index >= 15 is 0 Å². The summed E-state index contributed by atoms with van der Waals surface area (Å²) in [5, 5.41) is 0. The molecule has 1 aliphatic heterocycles. The number of benzene rings is 1. The maximum Gasteiger partial charge on any atom is 0.178 e. The van der Waals surface area contributed by atoms with E-state index in [0.717, 1.165) is 22.2 Å². The Kier molecular flexibility index (Phi) is 4.89. The molecule has 0 atom stereocenters. The smallest absolute Gasteiger partial charge is 0.178 e. The van der Waals surface area contributed by atoms with Gasteiger partial charge in [-0.2, -0.15) is 0 Å². The molecule has 1 heterocycles. The fraction of sp³-hybridized carbons (Fsp3) is 0.0500. The van der Waals surface area contributed by atoms with Crippen molar-refractivity contribution >= 4 is 21.7 Å². The van der Waals surface area contributed by atoms with Gasteiger partial charge in [0.1, 0.15) is 0 Å². The quantitative estimate of drug-likeness (QED) is 0.763. The zero-order chi connectivity index (χ0) is 16.1. The van der Waals surface area contributed by atoms with Gasteiger partial charge in [0, 0.05) is 23.4 Å². The Bertz CT molecular complexity index is 760. The van der Waals surface area contributed by atoms with Crippen molar-refractivity contribution in [2.24, 2.45) is 0 Å². The molecule has 3 rings (SSSR count). The van der Waals surface area contributed by atoms with Gasteiger partial charge in [0.2, 0.25) is 0 Å². The van der Waals surface area contributed by atoms with Crippen molar-refractivity contribution in [3.63, 3.8) is 0 Å². The number of ketones is 1. The molecule has 0 spiro atoms. The second-order valence-electron chi connectivity index (χ2n) is 5.30. The summed E-state index contributed by atoms with van der Waals surface area (Å²) in [6, 6.07) is 8.24. The number of hydrogen-bond donors (Lipinski definition) is 0. The van der Waals surface area contributed by atoms with Crippen LogP contribution < -0.4 is 0 Å². The molecule has 2 nitrogen and oxygen atoms in total. The van der Waals surface area contributed by atoms with E-state index in [9.17, 15) is 4.79 Å². The summed E-state index contributed by atoms with van der Waals surface area (Å²) < 4.78 is 1.12. The number of hydrogen-bond acceptors (Lipinski definition) is 2. The predicted octanol–water partition coefficient (Wildman–Crippen LogP) is 4.84. The predicted molar refractivity (Wildman–Crippen MR) is 97.4 cm³/mol. The lowest BCUT2D eigenvalue weighted by Gasteiger charge is -2.19. The highest BCUT2D eigenvalue weighted by Gasteiger charge is 2.04. The Balaban J connectivity index is 1.64.